The summed E-state index contributed by atoms with van der Waals surface area (Å²) < 4.78 is 4.92. The normalized spacial score (nSPS) is 12.0. The second-order valence-electron chi connectivity index (χ2n) is 4.48. The molecule has 2 N–H and O–H groups in total. The Bertz CT molecular complexity index is 110. The fourth-order valence-corrected chi connectivity index (χ4v) is 0.939. The molecule has 0 aromatic carbocycles. The first-order valence-electron chi connectivity index (χ1n) is 4.96. The van der Waals surface area contributed by atoms with Crippen LogP contribution in [0.1, 0.15) is 20.8 Å². The summed E-state index contributed by atoms with van der Waals surface area (Å²) >= 11 is 0. The minimum atomic E-state index is 0.381. The summed E-state index contributed by atoms with van der Waals surface area (Å²) in [6.07, 6.45) is 0. The van der Waals surface area contributed by atoms with Crippen molar-refractivity contribution in [3.8, 4) is 0 Å². The molecule has 0 fully saturated rings. The third kappa shape index (κ3) is 11.9. The number of rotatable bonds is 7. The molecule has 13 heavy (non-hydrogen) atoms. The van der Waals surface area contributed by atoms with E-state index in [1.165, 1.54) is 0 Å². The Morgan fingerprint density at radius 3 is 2.15 bits per heavy atom. The van der Waals surface area contributed by atoms with Crippen LogP contribution in [-0.2, 0) is 4.74 Å². The number of hydrogen-bond acceptors (Lipinski definition) is 3. The van der Waals surface area contributed by atoms with Crippen molar-refractivity contribution < 1.29 is 4.74 Å². The van der Waals surface area contributed by atoms with E-state index in [1.54, 1.807) is 7.11 Å². The number of hydrogen-bond donors (Lipinski definition) is 2. The zero-order chi connectivity index (χ0) is 10.2. The van der Waals surface area contributed by atoms with Gasteiger partial charge in [0.1, 0.15) is 0 Å². The Morgan fingerprint density at radius 1 is 1.00 bits per heavy atom. The first kappa shape index (κ1) is 12.9. The van der Waals surface area contributed by atoms with Crippen LogP contribution in [-0.4, -0.2) is 39.9 Å². The Labute approximate surface area is 82.2 Å². The van der Waals surface area contributed by atoms with Crippen LogP contribution in [0.15, 0.2) is 0 Å². The van der Waals surface area contributed by atoms with Crippen molar-refractivity contribution in [2.24, 2.45) is 5.41 Å². The molecule has 0 rings (SSSR count). The Balaban J connectivity index is 3.00. The van der Waals surface area contributed by atoms with E-state index in [2.05, 4.69) is 31.4 Å². The number of ether oxygens (including phenoxy) is 1. The maximum Gasteiger partial charge on any atom is 0.0587 e. The SMILES string of the molecule is COCCNCCNCC(C)(C)C. The van der Waals surface area contributed by atoms with E-state index in [4.69, 9.17) is 4.74 Å². The van der Waals surface area contributed by atoms with Crippen molar-refractivity contribution in [2.75, 3.05) is 39.9 Å². The summed E-state index contributed by atoms with van der Waals surface area (Å²) in [6.45, 7) is 11.5. The van der Waals surface area contributed by atoms with Gasteiger partial charge >= 0.3 is 0 Å². The third-order valence-electron chi connectivity index (χ3n) is 1.62. The molecule has 0 radical (unpaired) electrons. The second kappa shape index (κ2) is 7.30. The van der Waals surface area contributed by atoms with Gasteiger partial charge < -0.3 is 15.4 Å². The molecule has 0 unspecified atom stereocenters. The van der Waals surface area contributed by atoms with Crippen molar-refractivity contribution in [2.45, 2.75) is 20.8 Å². The summed E-state index contributed by atoms with van der Waals surface area (Å²) in [7, 11) is 1.72. The van der Waals surface area contributed by atoms with Crippen molar-refractivity contribution >= 4 is 0 Å². The number of methoxy groups -OCH3 is 1. The van der Waals surface area contributed by atoms with Gasteiger partial charge in [0, 0.05) is 33.3 Å². The van der Waals surface area contributed by atoms with E-state index in [1.807, 2.05) is 0 Å². The molecular formula is C10H24N2O. The average Bonchev–Trinajstić information content (AvgIpc) is 2.01. The van der Waals surface area contributed by atoms with Gasteiger partial charge in [0.2, 0.25) is 0 Å². The first-order chi connectivity index (χ1) is 6.06. The van der Waals surface area contributed by atoms with Crippen LogP contribution in [0, 0.1) is 5.41 Å². The fourth-order valence-electron chi connectivity index (χ4n) is 0.939. The first-order valence-corrected chi connectivity index (χ1v) is 4.96. The maximum atomic E-state index is 4.92. The molecule has 0 bridgehead atoms. The lowest BCUT2D eigenvalue weighted by Crippen LogP contribution is -2.33. The van der Waals surface area contributed by atoms with Crippen molar-refractivity contribution in [1.29, 1.82) is 0 Å². The maximum absolute atomic E-state index is 4.92. The molecule has 0 amide bonds. The summed E-state index contributed by atoms with van der Waals surface area (Å²) in [6, 6.07) is 0. The van der Waals surface area contributed by atoms with Crippen LogP contribution in [0.25, 0.3) is 0 Å². The minimum Gasteiger partial charge on any atom is -0.383 e. The molecule has 0 saturated heterocycles. The molecule has 80 valence electrons. The van der Waals surface area contributed by atoms with Crippen LogP contribution >= 0.6 is 0 Å². The fraction of sp³-hybridized carbons (Fsp3) is 1.00. The Hall–Kier alpha value is -0.120. The topological polar surface area (TPSA) is 33.3 Å². The standard InChI is InChI=1S/C10H24N2O/c1-10(2,3)9-12-6-5-11-7-8-13-4/h11-12H,5-9H2,1-4H3. The predicted octanol–water partition coefficient (Wildman–Crippen LogP) is 0.858. The highest BCUT2D eigenvalue weighted by Gasteiger charge is 2.07. The quantitative estimate of drug-likeness (QED) is 0.581. The van der Waals surface area contributed by atoms with E-state index in [0.717, 1.165) is 32.8 Å². The molecule has 0 aliphatic carbocycles. The lowest BCUT2D eigenvalue weighted by Gasteiger charge is -2.18. The summed E-state index contributed by atoms with van der Waals surface area (Å²) in [5.41, 5.74) is 0.381. The molecule has 0 aliphatic rings. The largest absolute Gasteiger partial charge is 0.383 e. The van der Waals surface area contributed by atoms with E-state index < -0.39 is 0 Å². The second-order valence-corrected chi connectivity index (χ2v) is 4.48. The Kier molecular flexibility index (Phi) is 7.23. The van der Waals surface area contributed by atoms with Gasteiger partial charge in [-0.2, -0.15) is 0 Å². The average molecular weight is 188 g/mol. The van der Waals surface area contributed by atoms with Gasteiger partial charge in [0.05, 0.1) is 6.61 Å². The van der Waals surface area contributed by atoms with Crippen LogP contribution in [0.5, 0.6) is 0 Å². The van der Waals surface area contributed by atoms with Crippen LogP contribution in [0.3, 0.4) is 0 Å². The highest BCUT2D eigenvalue weighted by Crippen LogP contribution is 2.09. The molecule has 0 aromatic heterocycles. The summed E-state index contributed by atoms with van der Waals surface area (Å²) in [5, 5.41) is 6.68. The zero-order valence-electron chi connectivity index (χ0n) is 9.44. The lowest BCUT2D eigenvalue weighted by molar-refractivity contribution is 0.199. The highest BCUT2D eigenvalue weighted by atomic mass is 16.5. The van der Waals surface area contributed by atoms with E-state index >= 15 is 0 Å². The minimum absolute atomic E-state index is 0.381. The van der Waals surface area contributed by atoms with Crippen LogP contribution < -0.4 is 10.6 Å². The van der Waals surface area contributed by atoms with Crippen LogP contribution in [0.4, 0.5) is 0 Å². The van der Waals surface area contributed by atoms with Gasteiger partial charge in [0.15, 0.2) is 0 Å². The monoisotopic (exact) mass is 188 g/mol. The molecule has 0 aliphatic heterocycles. The molecule has 0 heterocycles. The van der Waals surface area contributed by atoms with E-state index in [9.17, 15) is 0 Å². The third-order valence-corrected chi connectivity index (χ3v) is 1.62. The molecule has 3 heteroatoms. The van der Waals surface area contributed by atoms with Crippen molar-refractivity contribution in [1.82, 2.24) is 10.6 Å². The van der Waals surface area contributed by atoms with Gasteiger partial charge in [-0.3, -0.25) is 0 Å². The summed E-state index contributed by atoms with van der Waals surface area (Å²) in [5.74, 6) is 0. The Morgan fingerprint density at radius 2 is 1.62 bits per heavy atom. The smallest absolute Gasteiger partial charge is 0.0587 e. The molecule has 0 saturated carbocycles. The number of nitrogens with one attached hydrogen (secondary N) is 2. The van der Waals surface area contributed by atoms with Gasteiger partial charge in [-0.1, -0.05) is 20.8 Å². The van der Waals surface area contributed by atoms with E-state index in [0.29, 0.717) is 5.41 Å². The molecule has 0 spiro atoms. The molecule has 0 aromatic rings. The highest BCUT2D eigenvalue weighted by molar-refractivity contribution is 4.64. The van der Waals surface area contributed by atoms with Gasteiger partial charge in [-0.15, -0.1) is 0 Å². The van der Waals surface area contributed by atoms with Gasteiger partial charge in [-0.25, -0.2) is 0 Å². The van der Waals surface area contributed by atoms with E-state index in [-0.39, 0.29) is 0 Å². The van der Waals surface area contributed by atoms with Crippen LogP contribution in [0.2, 0.25) is 0 Å². The predicted molar refractivity (Wildman–Crippen MR) is 57.1 cm³/mol. The molecular weight excluding hydrogens is 164 g/mol. The molecule has 0 atom stereocenters. The van der Waals surface area contributed by atoms with Crippen molar-refractivity contribution in [3.05, 3.63) is 0 Å². The lowest BCUT2D eigenvalue weighted by atomic mass is 9.97. The van der Waals surface area contributed by atoms with Crippen molar-refractivity contribution in [3.63, 3.8) is 0 Å². The summed E-state index contributed by atoms with van der Waals surface area (Å²) in [4.78, 5) is 0. The van der Waals surface area contributed by atoms with Gasteiger partial charge in [-0.05, 0) is 5.41 Å². The van der Waals surface area contributed by atoms with Gasteiger partial charge in [0.25, 0.3) is 0 Å². The zero-order valence-corrected chi connectivity index (χ0v) is 9.44. The molecule has 3 nitrogen and oxygen atoms in total.